The average Bonchev–Trinajstić information content (AvgIpc) is 3.51. The number of fused-ring (bicyclic) bond motifs is 1. The summed E-state index contributed by atoms with van der Waals surface area (Å²) in [5.41, 5.74) is 4.67. The highest BCUT2D eigenvalue weighted by atomic mass is 16.4. The molecule has 2 aliphatic rings. The minimum absolute atomic E-state index is 0.0698. The van der Waals surface area contributed by atoms with Crippen molar-refractivity contribution in [2.75, 3.05) is 6.54 Å². The number of aromatic carboxylic acids is 1. The minimum atomic E-state index is -0.951. The van der Waals surface area contributed by atoms with Crippen LogP contribution < -0.4 is 0 Å². The number of carbonyl (C=O) groups excluding carboxylic acids is 1. The number of carbonyl (C=O) groups is 2. The lowest BCUT2D eigenvalue weighted by Crippen LogP contribution is -2.37. The van der Waals surface area contributed by atoms with Gasteiger partial charge in [-0.3, -0.25) is 4.79 Å². The van der Waals surface area contributed by atoms with Crippen LogP contribution in [0.25, 0.3) is 5.69 Å². The number of para-hydroxylation sites is 1. The van der Waals surface area contributed by atoms with Gasteiger partial charge in [0.2, 0.25) is 0 Å². The molecule has 29 heavy (non-hydrogen) atoms. The second-order valence-corrected chi connectivity index (χ2v) is 7.74. The molecule has 1 aromatic heterocycles. The predicted octanol–water partition coefficient (Wildman–Crippen LogP) is 3.65. The van der Waals surface area contributed by atoms with Gasteiger partial charge in [0.1, 0.15) is 5.69 Å². The summed E-state index contributed by atoms with van der Waals surface area (Å²) in [7, 11) is 0. The molecule has 0 unspecified atom stereocenters. The van der Waals surface area contributed by atoms with Gasteiger partial charge >= 0.3 is 5.97 Å². The number of amides is 1. The van der Waals surface area contributed by atoms with Crippen molar-refractivity contribution in [1.29, 1.82) is 0 Å². The molecule has 1 aliphatic heterocycles. The number of hydrogen-bond acceptors (Lipinski definition) is 3. The smallest absolute Gasteiger partial charge is 0.335 e. The number of hydrogen-bond donors (Lipinski definition) is 1. The van der Waals surface area contributed by atoms with Gasteiger partial charge in [0.25, 0.3) is 5.91 Å². The topological polar surface area (TPSA) is 75.4 Å². The van der Waals surface area contributed by atoms with Gasteiger partial charge in [0.15, 0.2) is 0 Å². The van der Waals surface area contributed by atoms with Gasteiger partial charge in [0.05, 0.1) is 16.9 Å². The maximum atomic E-state index is 13.4. The summed E-state index contributed by atoms with van der Waals surface area (Å²) < 4.78 is 1.75. The van der Waals surface area contributed by atoms with E-state index in [9.17, 15) is 14.7 Å². The summed E-state index contributed by atoms with van der Waals surface area (Å²) in [5, 5.41) is 14.0. The highest BCUT2D eigenvalue weighted by Crippen LogP contribution is 2.40. The Balaban J connectivity index is 1.48. The highest BCUT2D eigenvalue weighted by Gasteiger charge is 2.31. The predicted molar refractivity (Wildman–Crippen MR) is 107 cm³/mol. The molecule has 2 heterocycles. The van der Waals surface area contributed by atoms with E-state index < -0.39 is 5.97 Å². The zero-order valence-corrected chi connectivity index (χ0v) is 15.9. The van der Waals surface area contributed by atoms with Gasteiger partial charge in [-0.2, -0.15) is 5.10 Å². The number of nitrogens with zero attached hydrogens (tertiary/aromatic N) is 3. The second-order valence-electron chi connectivity index (χ2n) is 7.74. The average molecular weight is 387 g/mol. The third kappa shape index (κ3) is 3.31. The summed E-state index contributed by atoms with van der Waals surface area (Å²) in [5.74, 6) is -0.571. The Morgan fingerprint density at radius 3 is 2.52 bits per heavy atom. The van der Waals surface area contributed by atoms with Crippen molar-refractivity contribution >= 4 is 11.9 Å². The van der Waals surface area contributed by atoms with Crippen LogP contribution in [0.4, 0.5) is 0 Å². The first-order valence-corrected chi connectivity index (χ1v) is 9.90. The van der Waals surface area contributed by atoms with Crippen LogP contribution in [0, 0.1) is 0 Å². The van der Waals surface area contributed by atoms with Gasteiger partial charge < -0.3 is 10.0 Å². The van der Waals surface area contributed by atoms with Crippen LogP contribution >= 0.6 is 0 Å². The van der Waals surface area contributed by atoms with Crippen molar-refractivity contribution in [3.05, 3.63) is 82.7 Å². The summed E-state index contributed by atoms with van der Waals surface area (Å²) in [4.78, 5) is 26.5. The molecule has 3 aromatic rings. The van der Waals surface area contributed by atoms with Gasteiger partial charge in [-0.25, -0.2) is 9.48 Å². The Morgan fingerprint density at radius 2 is 1.79 bits per heavy atom. The van der Waals surface area contributed by atoms with Crippen molar-refractivity contribution in [2.45, 2.75) is 31.7 Å². The normalized spacial score (nSPS) is 15.8. The summed E-state index contributed by atoms with van der Waals surface area (Å²) in [6.07, 6.45) is 2.96. The van der Waals surface area contributed by atoms with E-state index in [1.807, 2.05) is 42.5 Å². The van der Waals surface area contributed by atoms with Crippen LogP contribution in [-0.2, 0) is 13.0 Å². The van der Waals surface area contributed by atoms with Crippen LogP contribution in [0.15, 0.2) is 54.6 Å². The fraction of sp³-hybridized carbons (Fsp3) is 0.261. The third-order valence-corrected chi connectivity index (χ3v) is 5.70. The van der Waals surface area contributed by atoms with E-state index in [0.29, 0.717) is 24.7 Å². The van der Waals surface area contributed by atoms with E-state index in [1.165, 1.54) is 0 Å². The first-order chi connectivity index (χ1) is 14.1. The highest BCUT2D eigenvalue weighted by molar-refractivity contribution is 5.93. The summed E-state index contributed by atoms with van der Waals surface area (Å²) >= 11 is 0. The maximum absolute atomic E-state index is 13.4. The van der Waals surface area contributed by atoms with Crippen molar-refractivity contribution in [1.82, 2.24) is 14.7 Å². The van der Waals surface area contributed by atoms with E-state index in [0.717, 1.165) is 41.8 Å². The van der Waals surface area contributed by atoms with E-state index in [-0.39, 0.29) is 11.5 Å². The molecule has 5 rings (SSSR count). The lowest BCUT2D eigenvalue weighted by molar-refractivity contribution is 0.0696. The molecule has 2 aromatic carbocycles. The van der Waals surface area contributed by atoms with Gasteiger partial charge in [-0.1, -0.05) is 24.3 Å². The number of benzene rings is 2. The summed E-state index contributed by atoms with van der Waals surface area (Å²) in [6.45, 7) is 1.02. The number of carboxylic acids is 1. The van der Waals surface area contributed by atoms with Crippen LogP contribution in [-0.4, -0.2) is 38.2 Å². The zero-order valence-electron chi connectivity index (χ0n) is 15.9. The van der Waals surface area contributed by atoms with E-state index in [2.05, 4.69) is 0 Å². The van der Waals surface area contributed by atoms with Crippen molar-refractivity contribution in [3.63, 3.8) is 0 Å². The molecule has 0 spiro atoms. The molecule has 6 heteroatoms. The number of carboxylic acid groups (broad SMARTS) is 1. The molecule has 1 amide bonds. The minimum Gasteiger partial charge on any atom is -0.478 e. The maximum Gasteiger partial charge on any atom is 0.335 e. The van der Waals surface area contributed by atoms with Crippen LogP contribution in [0.3, 0.4) is 0 Å². The molecular weight excluding hydrogens is 366 g/mol. The molecule has 1 aliphatic carbocycles. The van der Waals surface area contributed by atoms with Crippen LogP contribution in [0.5, 0.6) is 0 Å². The molecule has 0 bridgehead atoms. The molecule has 1 N–H and O–H groups in total. The molecule has 0 saturated heterocycles. The Morgan fingerprint density at radius 1 is 1.00 bits per heavy atom. The van der Waals surface area contributed by atoms with Crippen LogP contribution in [0.1, 0.15) is 56.4 Å². The molecule has 1 saturated carbocycles. The fourth-order valence-electron chi connectivity index (χ4n) is 3.92. The van der Waals surface area contributed by atoms with Gasteiger partial charge in [-0.15, -0.1) is 0 Å². The van der Waals surface area contributed by atoms with Crippen LogP contribution in [0.2, 0.25) is 0 Å². The molecule has 0 atom stereocenters. The number of aromatic nitrogens is 2. The van der Waals surface area contributed by atoms with E-state index in [4.69, 9.17) is 5.10 Å². The van der Waals surface area contributed by atoms with E-state index in [1.54, 1.807) is 21.7 Å². The fourth-order valence-corrected chi connectivity index (χ4v) is 3.92. The molecule has 0 radical (unpaired) electrons. The van der Waals surface area contributed by atoms with Gasteiger partial charge in [0, 0.05) is 19.0 Å². The molecule has 146 valence electrons. The SMILES string of the molecule is O=C(O)c1ccc2c(c1)CN(C(=O)c1cc(C3CC3)nn1-c1ccccc1)CC2. The molecular formula is C23H21N3O3. The lowest BCUT2D eigenvalue weighted by atomic mass is 9.97. The van der Waals surface area contributed by atoms with Crippen molar-refractivity contribution in [2.24, 2.45) is 0 Å². The molecule has 6 nitrogen and oxygen atoms in total. The Labute approximate surface area is 168 Å². The first kappa shape index (κ1) is 17.7. The summed E-state index contributed by atoms with van der Waals surface area (Å²) in [6, 6.07) is 16.8. The van der Waals surface area contributed by atoms with Crippen molar-refractivity contribution in [3.8, 4) is 5.69 Å². The first-order valence-electron chi connectivity index (χ1n) is 9.90. The van der Waals surface area contributed by atoms with Crippen molar-refractivity contribution < 1.29 is 14.7 Å². The third-order valence-electron chi connectivity index (χ3n) is 5.70. The zero-order chi connectivity index (χ0) is 20.0. The lowest BCUT2D eigenvalue weighted by Gasteiger charge is -2.29. The largest absolute Gasteiger partial charge is 0.478 e. The monoisotopic (exact) mass is 387 g/mol. The van der Waals surface area contributed by atoms with Gasteiger partial charge in [-0.05, 0) is 60.7 Å². The second kappa shape index (κ2) is 6.88. The Kier molecular flexibility index (Phi) is 4.19. The van der Waals surface area contributed by atoms with E-state index >= 15 is 0 Å². The standard InChI is InChI=1S/C23H21N3O3/c27-22(25-11-10-15-6-9-17(23(28)29)12-18(15)14-25)21-13-20(16-7-8-16)24-26(21)19-4-2-1-3-5-19/h1-6,9,12-13,16H,7-8,10-11,14H2,(H,28,29). The number of rotatable bonds is 4. The quantitative estimate of drug-likeness (QED) is 0.742. The Bertz CT molecular complexity index is 1100. The Hall–Kier alpha value is -3.41. The molecule has 1 fully saturated rings.